The summed E-state index contributed by atoms with van der Waals surface area (Å²) in [7, 11) is 1.47. The van der Waals surface area contributed by atoms with E-state index >= 15 is 0 Å². The second-order valence-corrected chi connectivity index (χ2v) is 4.77. The van der Waals surface area contributed by atoms with E-state index in [2.05, 4.69) is 5.16 Å². The summed E-state index contributed by atoms with van der Waals surface area (Å²) in [4.78, 5) is 23.7. The van der Waals surface area contributed by atoms with Crippen molar-refractivity contribution >= 4 is 11.9 Å². The number of carboxylic acid groups (broad SMARTS) is 1. The first-order chi connectivity index (χ1) is 11.0. The molecule has 1 heterocycles. The lowest BCUT2D eigenvalue weighted by Crippen LogP contribution is -2.29. The Morgan fingerprint density at radius 3 is 2.83 bits per heavy atom. The Balaban J connectivity index is 1.93. The third kappa shape index (κ3) is 4.53. The largest absolute Gasteiger partial charge is 0.482 e. The molecule has 2 aromatic rings. The zero-order valence-electron chi connectivity index (χ0n) is 12.4. The van der Waals surface area contributed by atoms with Gasteiger partial charge in [0.25, 0.3) is 5.91 Å². The van der Waals surface area contributed by atoms with E-state index in [1.54, 1.807) is 12.1 Å². The first kappa shape index (κ1) is 16.5. The second kappa shape index (κ2) is 7.39. The first-order valence-corrected chi connectivity index (χ1v) is 6.77. The Hall–Kier alpha value is -2.90. The molecule has 1 aromatic carbocycles. The van der Waals surface area contributed by atoms with Gasteiger partial charge in [-0.1, -0.05) is 17.3 Å². The number of aromatic nitrogens is 1. The molecule has 0 aliphatic rings. The molecule has 23 heavy (non-hydrogen) atoms. The molecule has 122 valence electrons. The average molecular weight is 322 g/mol. The van der Waals surface area contributed by atoms with E-state index in [0.29, 0.717) is 0 Å². The van der Waals surface area contributed by atoms with Crippen molar-refractivity contribution in [1.29, 1.82) is 0 Å². The quantitative estimate of drug-likeness (QED) is 0.837. The van der Waals surface area contributed by atoms with Gasteiger partial charge in [-0.05, 0) is 12.1 Å². The van der Waals surface area contributed by atoms with E-state index in [4.69, 9.17) is 14.4 Å². The van der Waals surface area contributed by atoms with Gasteiger partial charge in [0.2, 0.25) is 0 Å². The Morgan fingerprint density at radius 2 is 2.13 bits per heavy atom. The summed E-state index contributed by atoms with van der Waals surface area (Å²) >= 11 is 0. The highest BCUT2D eigenvalue weighted by Crippen LogP contribution is 2.17. The molecule has 1 amide bonds. The van der Waals surface area contributed by atoms with Gasteiger partial charge in [0.05, 0.1) is 6.42 Å². The number of ether oxygens (including phenoxy) is 1. The highest BCUT2D eigenvalue weighted by Gasteiger charge is 2.18. The van der Waals surface area contributed by atoms with E-state index < -0.39 is 17.7 Å². The summed E-state index contributed by atoms with van der Waals surface area (Å²) in [6.07, 6.45) is -0.163. The van der Waals surface area contributed by atoms with Gasteiger partial charge in [0.15, 0.2) is 23.0 Å². The van der Waals surface area contributed by atoms with Gasteiger partial charge in [-0.25, -0.2) is 4.39 Å². The van der Waals surface area contributed by atoms with Gasteiger partial charge in [-0.3, -0.25) is 9.59 Å². The smallest absolute Gasteiger partial charge is 0.305 e. The van der Waals surface area contributed by atoms with Crippen LogP contribution < -0.4 is 4.74 Å². The molecule has 1 N–H and O–H groups in total. The maximum atomic E-state index is 13.4. The fourth-order valence-electron chi connectivity index (χ4n) is 1.75. The lowest BCUT2D eigenvalue weighted by Gasteiger charge is -2.13. The minimum absolute atomic E-state index is 0.0324. The zero-order chi connectivity index (χ0) is 16.8. The molecule has 0 fully saturated rings. The van der Waals surface area contributed by atoms with Crippen LogP contribution in [0.25, 0.3) is 0 Å². The molecule has 0 radical (unpaired) electrons. The highest BCUT2D eigenvalue weighted by atomic mass is 19.1. The third-order valence-corrected chi connectivity index (χ3v) is 2.99. The summed E-state index contributed by atoms with van der Waals surface area (Å²) in [5, 5.41) is 12.2. The lowest BCUT2D eigenvalue weighted by atomic mass is 10.3. The number of benzene rings is 1. The Morgan fingerprint density at radius 1 is 1.39 bits per heavy atom. The molecule has 1 aromatic heterocycles. The number of carboxylic acids is 1. The maximum Gasteiger partial charge on any atom is 0.305 e. The Kier molecular flexibility index (Phi) is 5.29. The fourth-order valence-corrected chi connectivity index (χ4v) is 1.75. The van der Waals surface area contributed by atoms with Crippen molar-refractivity contribution in [2.75, 3.05) is 13.6 Å². The van der Waals surface area contributed by atoms with Crippen molar-refractivity contribution in [3.05, 3.63) is 47.6 Å². The molecule has 0 spiro atoms. The zero-order valence-corrected chi connectivity index (χ0v) is 12.4. The average Bonchev–Trinajstić information content (AvgIpc) is 3.00. The molecule has 2 rings (SSSR count). The first-order valence-electron chi connectivity index (χ1n) is 6.77. The van der Waals surface area contributed by atoms with Crippen LogP contribution in [0.2, 0.25) is 0 Å². The van der Waals surface area contributed by atoms with Crippen LogP contribution in [0.5, 0.6) is 5.75 Å². The number of hydrogen-bond donors (Lipinski definition) is 1. The monoisotopic (exact) mass is 322 g/mol. The number of halogens is 1. The minimum atomic E-state index is -0.997. The second-order valence-electron chi connectivity index (χ2n) is 4.77. The van der Waals surface area contributed by atoms with Gasteiger partial charge in [-0.15, -0.1) is 0 Å². The maximum absolute atomic E-state index is 13.4. The van der Waals surface area contributed by atoms with Crippen LogP contribution in [0.15, 0.2) is 34.9 Å². The number of amides is 1. The van der Waals surface area contributed by atoms with Crippen molar-refractivity contribution in [3.8, 4) is 5.75 Å². The van der Waals surface area contributed by atoms with Crippen molar-refractivity contribution in [1.82, 2.24) is 10.1 Å². The molecule has 0 bridgehead atoms. The number of hydrogen-bond acceptors (Lipinski definition) is 5. The van der Waals surface area contributed by atoms with Gasteiger partial charge in [0.1, 0.15) is 6.61 Å². The summed E-state index contributed by atoms with van der Waals surface area (Å²) in [6.45, 7) is -0.0257. The number of aliphatic carboxylic acids is 1. The molecule has 0 aliphatic heterocycles. The van der Waals surface area contributed by atoms with E-state index in [1.807, 2.05) is 0 Å². The molecular formula is C15H15FN2O5. The molecule has 8 heteroatoms. The Bertz CT molecular complexity index is 701. The molecular weight excluding hydrogens is 307 g/mol. The molecule has 0 aliphatic carbocycles. The van der Waals surface area contributed by atoms with Gasteiger partial charge in [-0.2, -0.15) is 0 Å². The van der Waals surface area contributed by atoms with Crippen LogP contribution in [-0.4, -0.2) is 40.6 Å². The van der Waals surface area contributed by atoms with E-state index in [0.717, 1.165) is 0 Å². The van der Waals surface area contributed by atoms with Gasteiger partial charge in [0, 0.05) is 19.7 Å². The van der Waals surface area contributed by atoms with Crippen molar-refractivity contribution < 1.29 is 28.3 Å². The number of carbonyl (C=O) groups is 2. The van der Waals surface area contributed by atoms with Crippen LogP contribution in [0.4, 0.5) is 4.39 Å². The van der Waals surface area contributed by atoms with Crippen molar-refractivity contribution in [2.24, 2.45) is 0 Å². The fraction of sp³-hybridized carbons (Fsp3) is 0.267. The van der Waals surface area contributed by atoms with Crippen LogP contribution in [0.3, 0.4) is 0 Å². The molecule has 7 nitrogen and oxygen atoms in total. The molecule has 0 unspecified atom stereocenters. The normalized spacial score (nSPS) is 10.3. The number of carbonyl (C=O) groups excluding carboxylic acids is 1. The van der Waals surface area contributed by atoms with E-state index in [9.17, 15) is 14.0 Å². The molecule has 0 saturated heterocycles. The minimum Gasteiger partial charge on any atom is -0.482 e. The summed E-state index contributed by atoms with van der Waals surface area (Å²) in [5.41, 5.74) is 0.0324. The van der Waals surface area contributed by atoms with Crippen LogP contribution in [-0.2, 0) is 11.4 Å². The number of para-hydroxylation sites is 1. The van der Waals surface area contributed by atoms with Gasteiger partial charge >= 0.3 is 5.97 Å². The Labute approximate surface area is 131 Å². The predicted molar refractivity (Wildman–Crippen MR) is 76.4 cm³/mol. The SMILES string of the molecule is CN(CCC(=O)O)C(=O)c1cc(COc2ccccc2F)on1. The van der Waals surface area contributed by atoms with E-state index in [1.165, 1.54) is 30.1 Å². The highest BCUT2D eigenvalue weighted by molar-refractivity contribution is 5.92. The number of nitrogens with zero attached hydrogens (tertiary/aromatic N) is 2. The van der Waals surface area contributed by atoms with Crippen molar-refractivity contribution in [2.45, 2.75) is 13.0 Å². The molecule has 0 atom stereocenters. The van der Waals surface area contributed by atoms with Crippen LogP contribution in [0.1, 0.15) is 22.7 Å². The van der Waals surface area contributed by atoms with Gasteiger partial charge < -0.3 is 19.3 Å². The lowest BCUT2D eigenvalue weighted by molar-refractivity contribution is -0.137. The van der Waals surface area contributed by atoms with Crippen LogP contribution >= 0.6 is 0 Å². The summed E-state index contributed by atoms with van der Waals surface area (Å²) < 4.78 is 23.6. The predicted octanol–water partition coefficient (Wildman–Crippen LogP) is 1.94. The number of rotatable bonds is 7. The standard InChI is InChI=1S/C15H15FN2O5/c1-18(7-6-14(19)20)15(21)12-8-10(23-17-12)9-22-13-5-3-2-4-11(13)16/h2-5,8H,6-7,9H2,1H3,(H,19,20). The van der Waals surface area contributed by atoms with E-state index in [-0.39, 0.29) is 36.8 Å². The van der Waals surface area contributed by atoms with Crippen LogP contribution in [0, 0.1) is 5.82 Å². The third-order valence-electron chi connectivity index (χ3n) is 2.99. The summed E-state index contributed by atoms with van der Waals surface area (Å²) in [5.74, 6) is -1.65. The topological polar surface area (TPSA) is 92.9 Å². The summed E-state index contributed by atoms with van der Waals surface area (Å²) in [6, 6.07) is 7.28. The van der Waals surface area contributed by atoms with Crippen molar-refractivity contribution in [3.63, 3.8) is 0 Å². The molecule has 0 saturated carbocycles.